The summed E-state index contributed by atoms with van der Waals surface area (Å²) in [6.07, 6.45) is 2.73. The van der Waals surface area contributed by atoms with E-state index in [-0.39, 0.29) is 0 Å². The van der Waals surface area contributed by atoms with Gasteiger partial charge in [0.2, 0.25) is 0 Å². The van der Waals surface area contributed by atoms with Gasteiger partial charge in [-0.2, -0.15) is 10.4 Å². The molecule has 0 atom stereocenters. The van der Waals surface area contributed by atoms with Crippen molar-refractivity contribution >= 4 is 11.0 Å². The second-order valence-corrected chi connectivity index (χ2v) is 4.37. The molecule has 5 heteroatoms. The van der Waals surface area contributed by atoms with Crippen LogP contribution in [0.4, 0.5) is 0 Å². The van der Waals surface area contributed by atoms with Crippen molar-refractivity contribution < 1.29 is 0 Å². The molecule has 0 fully saturated rings. The molecule has 0 unspecified atom stereocenters. The minimum Gasteiger partial charge on any atom is -0.323 e. The summed E-state index contributed by atoms with van der Waals surface area (Å²) < 4.78 is 2.16. The summed E-state index contributed by atoms with van der Waals surface area (Å²) in [6.45, 7) is 3.02. The summed E-state index contributed by atoms with van der Waals surface area (Å²) >= 11 is 0. The Morgan fingerprint density at radius 1 is 1.37 bits per heavy atom. The molecule has 0 saturated carbocycles. The molecule has 0 aliphatic heterocycles. The summed E-state index contributed by atoms with van der Waals surface area (Å²) in [7, 11) is 0. The third kappa shape index (κ3) is 1.87. The molecule has 2 aromatic heterocycles. The maximum atomic E-state index is 8.96. The Morgan fingerprint density at radius 2 is 2.26 bits per heavy atom. The first kappa shape index (κ1) is 11.5. The largest absolute Gasteiger partial charge is 0.323 e. The smallest absolute Gasteiger partial charge is 0.159 e. The van der Waals surface area contributed by atoms with Crippen LogP contribution in [0.5, 0.6) is 0 Å². The molecule has 94 valence electrons. The predicted octanol–water partition coefficient (Wildman–Crippen LogP) is 2.71. The third-order valence-corrected chi connectivity index (χ3v) is 3.07. The number of nitrogens with zero attached hydrogens (tertiary/aromatic N) is 4. The van der Waals surface area contributed by atoms with Crippen LogP contribution >= 0.6 is 0 Å². The average molecular weight is 251 g/mol. The molecule has 0 bridgehead atoms. The number of aromatic nitrogens is 4. The van der Waals surface area contributed by atoms with Crippen LogP contribution in [0.1, 0.15) is 18.9 Å². The number of aryl methyl sites for hydroxylation is 1. The third-order valence-electron chi connectivity index (χ3n) is 3.07. The van der Waals surface area contributed by atoms with Gasteiger partial charge in [-0.1, -0.05) is 6.92 Å². The van der Waals surface area contributed by atoms with Crippen LogP contribution in [0.25, 0.3) is 22.6 Å². The van der Waals surface area contributed by atoms with E-state index in [1.165, 1.54) is 0 Å². The van der Waals surface area contributed by atoms with E-state index in [1.54, 1.807) is 6.20 Å². The number of aromatic amines is 1. The molecule has 1 aromatic carbocycles. The number of imidazole rings is 1. The van der Waals surface area contributed by atoms with Gasteiger partial charge in [-0.3, -0.25) is 5.10 Å². The van der Waals surface area contributed by atoms with Crippen molar-refractivity contribution in [3.63, 3.8) is 0 Å². The number of nitrogens with one attached hydrogen (secondary N) is 1. The van der Waals surface area contributed by atoms with Crippen LogP contribution in [-0.4, -0.2) is 19.7 Å². The number of benzene rings is 1. The van der Waals surface area contributed by atoms with Gasteiger partial charge in [-0.25, -0.2) is 4.98 Å². The van der Waals surface area contributed by atoms with E-state index >= 15 is 0 Å². The van der Waals surface area contributed by atoms with E-state index in [2.05, 4.69) is 32.7 Å². The zero-order chi connectivity index (χ0) is 13.2. The Balaban J connectivity index is 2.26. The Bertz CT molecular complexity index is 746. The highest BCUT2D eigenvalue weighted by atomic mass is 15.2. The lowest BCUT2D eigenvalue weighted by atomic mass is 10.2. The second kappa shape index (κ2) is 4.58. The van der Waals surface area contributed by atoms with Crippen molar-refractivity contribution in [2.75, 3.05) is 0 Å². The monoisotopic (exact) mass is 251 g/mol. The molecule has 3 rings (SSSR count). The van der Waals surface area contributed by atoms with Crippen molar-refractivity contribution in [2.24, 2.45) is 0 Å². The van der Waals surface area contributed by atoms with Gasteiger partial charge in [0.1, 0.15) is 5.69 Å². The quantitative estimate of drug-likeness (QED) is 0.778. The molecule has 1 N–H and O–H groups in total. The van der Waals surface area contributed by atoms with Crippen LogP contribution in [0.15, 0.2) is 30.5 Å². The maximum absolute atomic E-state index is 8.96. The summed E-state index contributed by atoms with van der Waals surface area (Å²) in [5, 5.41) is 15.9. The first-order valence-corrected chi connectivity index (χ1v) is 6.23. The molecular formula is C14H13N5. The lowest BCUT2D eigenvalue weighted by Crippen LogP contribution is -1.99. The summed E-state index contributed by atoms with van der Waals surface area (Å²) in [5.74, 6) is 0.865. The zero-order valence-corrected chi connectivity index (χ0v) is 10.6. The van der Waals surface area contributed by atoms with Gasteiger partial charge >= 0.3 is 0 Å². The molecule has 2 heterocycles. The first-order valence-electron chi connectivity index (χ1n) is 6.23. The SMILES string of the molecule is CCCn1c(-c2ccn[nH]2)nc2cc(C#N)ccc21. The van der Waals surface area contributed by atoms with Crippen molar-refractivity contribution in [3.05, 3.63) is 36.0 Å². The molecule has 3 aromatic rings. The van der Waals surface area contributed by atoms with E-state index in [4.69, 9.17) is 5.26 Å². The van der Waals surface area contributed by atoms with Crippen molar-refractivity contribution in [3.8, 4) is 17.6 Å². The van der Waals surface area contributed by atoms with Gasteiger partial charge in [-0.05, 0) is 30.7 Å². The van der Waals surface area contributed by atoms with E-state index < -0.39 is 0 Å². The van der Waals surface area contributed by atoms with Crippen molar-refractivity contribution in [1.29, 1.82) is 5.26 Å². The molecule has 0 aliphatic rings. The average Bonchev–Trinajstić information content (AvgIpc) is 3.06. The van der Waals surface area contributed by atoms with Crippen LogP contribution < -0.4 is 0 Å². The Kier molecular flexibility index (Phi) is 2.76. The van der Waals surface area contributed by atoms with Crippen LogP contribution in [0.2, 0.25) is 0 Å². The Labute approximate surface area is 110 Å². The van der Waals surface area contributed by atoms with Crippen LogP contribution in [-0.2, 0) is 6.54 Å². The van der Waals surface area contributed by atoms with E-state index in [0.29, 0.717) is 5.56 Å². The van der Waals surface area contributed by atoms with E-state index in [9.17, 15) is 0 Å². The van der Waals surface area contributed by atoms with E-state index in [1.807, 2.05) is 24.3 Å². The van der Waals surface area contributed by atoms with E-state index in [0.717, 1.165) is 35.5 Å². The fraction of sp³-hybridized carbons (Fsp3) is 0.214. The maximum Gasteiger partial charge on any atom is 0.159 e. The Morgan fingerprint density at radius 3 is 2.95 bits per heavy atom. The number of hydrogen-bond donors (Lipinski definition) is 1. The highest BCUT2D eigenvalue weighted by Crippen LogP contribution is 2.24. The van der Waals surface area contributed by atoms with Crippen molar-refractivity contribution in [2.45, 2.75) is 19.9 Å². The number of fused-ring (bicyclic) bond motifs is 1. The van der Waals surface area contributed by atoms with Crippen LogP contribution in [0.3, 0.4) is 0 Å². The lowest BCUT2D eigenvalue weighted by molar-refractivity contribution is 0.702. The first-order chi connectivity index (χ1) is 9.33. The number of hydrogen-bond acceptors (Lipinski definition) is 3. The summed E-state index contributed by atoms with van der Waals surface area (Å²) in [4.78, 5) is 4.62. The molecule has 0 saturated heterocycles. The van der Waals surface area contributed by atoms with Gasteiger partial charge < -0.3 is 4.57 Å². The summed E-state index contributed by atoms with van der Waals surface area (Å²) in [6, 6.07) is 9.65. The standard InChI is InChI=1S/C14H13N5/c1-2-7-19-13-4-3-10(9-15)8-12(13)17-14(19)11-5-6-16-18-11/h3-6,8H,2,7H2,1H3,(H,16,18). The highest BCUT2D eigenvalue weighted by Gasteiger charge is 2.13. The summed E-state index contributed by atoms with van der Waals surface area (Å²) in [5.41, 5.74) is 3.41. The van der Waals surface area contributed by atoms with Gasteiger partial charge in [0.25, 0.3) is 0 Å². The van der Waals surface area contributed by atoms with Crippen molar-refractivity contribution in [1.82, 2.24) is 19.7 Å². The Hall–Kier alpha value is -2.61. The zero-order valence-electron chi connectivity index (χ0n) is 10.6. The number of nitriles is 1. The fourth-order valence-corrected chi connectivity index (χ4v) is 2.24. The van der Waals surface area contributed by atoms with Crippen LogP contribution in [0, 0.1) is 11.3 Å². The van der Waals surface area contributed by atoms with Gasteiger partial charge in [0.05, 0.1) is 22.7 Å². The van der Waals surface area contributed by atoms with Gasteiger partial charge in [0, 0.05) is 12.7 Å². The lowest BCUT2D eigenvalue weighted by Gasteiger charge is -2.05. The minimum atomic E-state index is 0.629. The molecule has 5 nitrogen and oxygen atoms in total. The normalized spacial score (nSPS) is 10.7. The molecule has 0 amide bonds. The topological polar surface area (TPSA) is 70.3 Å². The second-order valence-electron chi connectivity index (χ2n) is 4.37. The number of H-pyrrole nitrogens is 1. The molecule has 0 radical (unpaired) electrons. The number of rotatable bonds is 3. The molecule has 19 heavy (non-hydrogen) atoms. The van der Waals surface area contributed by atoms with Gasteiger partial charge in [-0.15, -0.1) is 0 Å². The molecular weight excluding hydrogens is 238 g/mol. The minimum absolute atomic E-state index is 0.629. The fourth-order valence-electron chi connectivity index (χ4n) is 2.24. The van der Waals surface area contributed by atoms with Gasteiger partial charge in [0.15, 0.2) is 5.82 Å². The highest BCUT2D eigenvalue weighted by molar-refractivity contribution is 5.81. The molecule has 0 aliphatic carbocycles. The molecule has 0 spiro atoms. The predicted molar refractivity (Wildman–Crippen MR) is 72.3 cm³/mol.